The van der Waals surface area contributed by atoms with Crippen LogP contribution in [0.4, 0.5) is 0 Å². The summed E-state index contributed by atoms with van der Waals surface area (Å²) in [6.45, 7) is 2.23. The van der Waals surface area contributed by atoms with Crippen LogP contribution in [-0.4, -0.2) is 6.23 Å². The summed E-state index contributed by atoms with van der Waals surface area (Å²) in [7, 11) is 0. The molecule has 0 spiro atoms. The quantitative estimate of drug-likeness (QED) is 0.206. The highest BCUT2D eigenvalue weighted by atomic mass is 17.8. The Morgan fingerprint density at radius 2 is 1.37 bits per heavy atom. The van der Waals surface area contributed by atoms with E-state index < -0.39 is 6.23 Å². The molecule has 0 radical (unpaired) electrons. The van der Waals surface area contributed by atoms with Crippen molar-refractivity contribution in [1.29, 1.82) is 0 Å². The molecule has 0 bridgehead atoms. The van der Waals surface area contributed by atoms with Gasteiger partial charge in [-0.25, -0.2) is 0 Å². The van der Waals surface area contributed by atoms with E-state index in [2.05, 4.69) is 37.8 Å². The highest BCUT2D eigenvalue weighted by Gasteiger charge is 2.04. The second-order valence-corrected chi connectivity index (χ2v) is 4.55. The van der Waals surface area contributed by atoms with Crippen LogP contribution >= 0.6 is 0 Å². The van der Waals surface area contributed by atoms with Crippen molar-refractivity contribution in [2.75, 3.05) is 0 Å². The number of nitrogens with two attached hydrogens (primary N) is 2. The zero-order valence-electron chi connectivity index (χ0n) is 11.8. The van der Waals surface area contributed by atoms with E-state index in [0.717, 1.165) is 12.8 Å². The van der Waals surface area contributed by atoms with Gasteiger partial charge in [-0.3, -0.25) is 0 Å². The van der Waals surface area contributed by atoms with Crippen molar-refractivity contribution in [3.8, 4) is 0 Å². The Hall–Kier alpha value is -0.280. The van der Waals surface area contributed by atoms with Crippen molar-refractivity contribution in [3.63, 3.8) is 0 Å². The summed E-state index contributed by atoms with van der Waals surface area (Å²) < 4.78 is 0. The predicted octanol–water partition coefficient (Wildman–Crippen LogP) is 2.81. The van der Waals surface area contributed by atoms with Crippen molar-refractivity contribution >= 4 is 0 Å². The Bertz CT molecular complexity index is 174. The van der Waals surface area contributed by atoms with E-state index in [-0.39, 0.29) is 0 Å². The number of hydrogen-bond acceptors (Lipinski definition) is 7. The Labute approximate surface area is 115 Å². The average molecular weight is 280 g/mol. The topological polar surface area (TPSA) is 98.2 Å². The van der Waals surface area contributed by atoms with E-state index in [1.165, 1.54) is 44.9 Å². The molecule has 4 N–H and O–H groups in total. The van der Waals surface area contributed by atoms with Crippen molar-refractivity contribution in [2.45, 2.75) is 77.4 Å². The molecule has 0 aliphatic heterocycles. The molecule has 116 valence electrons. The van der Waals surface area contributed by atoms with Crippen LogP contribution in [0.5, 0.6) is 0 Å². The predicted molar refractivity (Wildman–Crippen MR) is 69.4 cm³/mol. The maximum absolute atomic E-state index is 5.60. The van der Waals surface area contributed by atoms with Crippen molar-refractivity contribution in [3.05, 3.63) is 0 Å². The van der Waals surface area contributed by atoms with Crippen LogP contribution in [0, 0.1) is 0 Å². The van der Waals surface area contributed by atoms with Gasteiger partial charge in [-0.15, -0.1) is 4.99 Å². The van der Waals surface area contributed by atoms with E-state index in [4.69, 9.17) is 5.73 Å². The molecule has 1 unspecified atom stereocenters. The smallest absolute Gasteiger partial charge is 0.144 e. The second-order valence-electron chi connectivity index (χ2n) is 4.55. The van der Waals surface area contributed by atoms with Crippen LogP contribution in [0.15, 0.2) is 0 Å². The van der Waals surface area contributed by atoms with Gasteiger partial charge in [0.05, 0.1) is 0 Å². The maximum Gasteiger partial charge on any atom is 0.144 e. The molecule has 0 aromatic rings. The molecule has 0 aliphatic rings. The van der Waals surface area contributed by atoms with Gasteiger partial charge in [0.2, 0.25) is 0 Å². The first-order chi connectivity index (χ1) is 9.31. The number of unbranched alkanes of at least 4 members (excludes halogenated alkanes) is 8. The van der Waals surface area contributed by atoms with Gasteiger partial charge >= 0.3 is 0 Å². The molecule has 0 aromatic heterocycles. The van der Waals surface area contributed by atoms with E-state index in [1.807, 2.05) is 0 Å². The summed E-state index contributed by atoms with van der Waals surface area (Å²) in [5.74, 6) is 4.50. The van der Waals surface area contributed by atoms with Gasteiger partial charge in [0.1, 0.15) is 6.23 Å². The van der Waals surface area contributed by atoms with Gasteiger partial charge in [-0.1, -0.05) is 58.3 Å². The lowest BCUT2D eigenvalue weighted by Gasteiger charge is -2.09. The third kappa shape index (κ3) is 15.7. The highest BCUT2D eigenvalue weighted by Crippen LogP contribution is 2.11. The summed E-state index contributed by atoms with van der Waals surface area (Å²) in [4.78, 5) is 8.23. The third-order valence-corrected chi connectivity index (χ3v) is 2.85. The molecular weight excluding hydrogens is 252 g/mol. The fourth-order valence-corrected chi connectivity index (χ4v) is 1.80. The van der Waals surface area contributed by atoms with E-state index in [9.17, 15) is 0 Å². The molecule has 0 aliphatic carbocycles. The minimum Gasteiger partial charge on any atom is -0.303 e. The van der Waals surface area contributed by atoms with Crippen LogP contribution in [0.3, 0.4) is 0 Å². The summed E-state index contributed by atoms with van der Waals surface area (Å²) in [5.41, 5.74) is 5.60. The largest absolute Gasteiger partial charge is 0.303 e. The Morgan fingerprint density at radius 1 is 0.789 bits per heavy atom. The molecule has 0 saturated heterocycles. The molecule has 7 heteroatoms. The van der Waals surface area contributed by atoms with E-state index in [0.29, 0.717) is 6.42 Å². The Kier molecular flexibility index (Phi) is 15.5. The van der Waals surface area contributed by atoms with Crippen LogP contribution < -0.4 is 11.6 Å². The SMILES string of the molecule is CCCCCCCCCCCC(N)OOOOON. The minimum atomic E-state index is -0.550. The first-order valence-corrected chi connectivity index (χ1v) is 7.09. The zero-order valence-corrected chi connectivity index (χ0v) is 11.8. The van der Waals surface area contributed by atoms with E-state index >= 15 is 0 Å². The lowest BCUT2D eigenvalue weighted by atomic mass is 10.1. The molecule has 7 nitrogen and oxygen atoms in total. The first-order valence-electron chi connectivity index (χ1n) is 7.09. The Balaban J connectivity index is 3.07. The molecule has 0 heterocycles. The second kappa shape index (κ2) is 15.8. The highest BCUT2D eigenvalue weighted by molar-refractivity contribution is 4.50. The van der Waals surface area contributed by atoms with Gasteiger partial charge in [0.25, 0.3) is 0 Å². The number of hydrogen-bond donors (Lipinski definition) is 2. The summed E-state index contributed by atoms with van der Waals surface area (Å²) in [6.07, 6.45) is 11.5. The minimum absolute atomic E-state index is 0.550. The summed E-state index contributed by atoms with van der Waals surface area (Å²) in [6, 6.07) is 0. The Morgan fingerprint density at radius 3 is 1.95 bits per heavy atom. The summed E-state index contributed by atoms with van der Waals surface area (Å²) in [5, 5.41) is 11.8. The monoisotopic (exact) mass is 280 g/mol. The molecule has 19 heavy (non-hydrogen) atoms. The lowest BCUT2D eigenvalue weighted by Crippen LogP contribution is -2.24. The fourth-order valence-electron chi connectivity index (χ4n) is 1.80. The first kappa shape index (κ1) is 18.7. The van der Waals surface area contributed by atoms with Crippen LogP contribution in [0.2, 0.25) is 0 Å². The van der Waals surface area contributed by atoms with Gasteiger partial charge in [-0.05, 0) is 28.0 Å². The maximum atomic E-state index is 5.60. The van der Waals surface area contributed by atoms with Crippen molar-refractivity contribution in [1.82, 2.24) is 0 Å². The zero-order chi connectivity index (χ0) is 14.2. The molecule has 0 saturated carbocycles. The van der Waals surface area contributed by atoms with Gasteiger partial charge in [0, 0.05) is 0 Å². The standard InChI is InChI=1S/C12H28N2O5/c1-2-3-4-5-6-7-8-9-10-11-12(13)15-17-19-18-16-14/h12H,2-11,13-14H2,1H3. The van der Waals surface area contributed by atoms with Crippen LogP contribution in [0.1, 0.15) is 71.1 Å². The lowest BCUT2D eigenvalue weighted by molar-refractivity contribution is -0.714. The molecule has 0 fully saturated rings. The molecule has 0 amide bonds. The van der Waals surface area contributed by atoms with Crippen LogP contribution in [-0.2, 0) is 25.0 Å². The molecule has 1 atom stereocenters. The third-order valence-electron chi connectivity index (χ3n) is 2.85. The van der Waals surface area contributed by atoms with Crippen molar-refractivity contribution in [2.24, 2.45) is 11.6 Å². The average Bonchev–Trinajstić information content (AvgIpc) is 2.42. The molecule has 0 aromatic carbocycles. The van der Waals surface area contributed by atoms with Gasteiger partial charge in [-0.2, -0.15) is 10.8 Å². The molecule has 0 rings (SSSR count). The van der Waals surface area contributed by atoms with Crippen LogP contribution in [0.25, 0.3) is 0 Å². The van der Waals surface area contributed by atoms with Crippen molar-refractivity contribution < 1.29 is 25.0 Å². The van der Waals surface area contributed by atoms with Gasteiger partial charge < -0.3 is 5.73 Å². The van der Waals surface area contributed by atoms with Gasteiger partial charge in [0.15, 0.2) is 0 Å². The van der Waals surface area contributed by atoms with E-state index in [1.54, 1.807) is 0 Å². The fraction of sp³-hybridized carbons (Fsp3) is 1.00. The normalized spacial score (nSPS) is 12.8. The molecular formula is C12H28N2O5. The summed E-state index contributed by atoms with van der Waals surface area (Å²) >= 11 is 0. The number of rotatable bonds is 15.